The summed E-state index contributed by atoms with van der Waals surface area (Å²) in [4.78, 5) is 8.68. The van der Waals surface area contributed by atoms with Gasteiger partial charge in [0.2, 0.25) is 0 Å². The van der Waals surface area contributed by atoms with E-state index in [0.717, 1.165) is 0 Å². The Kier molecular flexibility index (Phi) is 374. The Labute approximate surface area is 110 Å². The molecule has 49 valence electrons. The van der Waals surface area contributed by atoms with E-state index in [2.05, 4.69) is 0 Å². The molecule has 3 heteroatoms. The fourth-order valence-corrected chi connectivity index (χ4v) is 0. The van der Waals surface area contributed by atoms with Crippen molar-refractivity contribution in [1.82, 2.24) is 0 Å². The van der Waals surface area contributed by atoms with Gasteiger partial charge in [-0.2, -0.15) is 6.92 Å². The van der Waals surface area contributed by atoms with Crippen molar-refractivity contribution in [2.75, 3.05) is 0 Å². The zero-order valence-electron chi connectivity index (χ0n) is 7.49. The van der Waals surface area contributed by atoms with Crippen LogP contribution in [0, 0.1) is 0 Å². The van der Waals surface area contributed by atoms with Crippen molar-refractivity contribution >= 4 is 14.7 Å². The first kappa shape index (κ1) is 31.3. The van der Waals surface area contributed by atoms with E-state index in [1.165, 1.54) is 13.2 Å². The summed E-state index contributed by atoms with van der Waals surface area (Å²) in [6.45, 7) is 9.32. The van der Waals surface area contributed by atoms with E-state index in [-0.39, 0.29) is 66.6 Å². The standard InChI is InChI=1S/C2H3O.2C2H6.B.Rb/c1-2-3;2*1-2;;/h1H3;2*1-2H3;;/q-1;;;;+1. The molecule has 3 radical (unpaired) electrons. The molecule has 0 aliphatic heterocycles. The molecule has 0 aromatic heterocycles. The first-order chi connectivity index (χ1) is 3.41. The van der Waals surface area contributed by atoms with E-state index in [1.54, 1.807) is 0 Å². The van der Waals surface area contributed by atoms with Gasteiger partial charge >= 0.3 is 58.2 Å². The van der Waals surface area contributed by atoms with Gasteiger partial charge in [-0.1, -0.05) is 27.7 Å². The topological polar surface area (TPSA) is 17.1 Å². The van der Waals surface area contributed by atoms with Gasteiger partial charge in [-0.25, -0.2) is 0 Å². The van der Waals surface area contributed by atoms with Crippen LogP contribution in [-0.4, -0.2) is 14.7 Å². The second kappa shape index (κ2) is 108. The van der Waals surface area contributed by atoms with E-state index >= 15 is 0 Å². The summed E-state index contributed by atoms with van der Waals surface area (Å²) >= 11 is 0. The molecule has 0 aromatic rings. The van der Waals surface area contributed by atoms with Gasteiger partial charge in [-0.15, -0.1) is 0 Å². The Morgan fingerprint density at radius 3 is 1.00 bits per heavy atom. The summed E-state index contributed by atoms with van der Waals surface area (Å²) < 4.78 is 0. The molecule has 0 N–H and O–H groups in total. The number of hydrogen-bond acceptors (Lipinski definition) is 1. The minimum absolute atomic E-state index is 0. The summed E-state index contributed by atoms with van der Waals surface area (Å²) in [5, 5.41) is 0. The van der Waals surface area contributed by atoms with Crippen LogP contribution in [0.1, 0.15) is 34.6 Å². The van der Waals surface area contributed by atoms with Crippen LogP contribution in [0.4, 0.5) is 0 Å². The van der Waals surface area contributed by atoms with Crippen LogP contribution in [0.3, 0.4) is 0 Å². The van der Waals surface area contributed by atoms with Crippen LogP contribution in [-0.2, 0) is 4.79 Å². The molecular weight excluding hydrogens is 184 g/mol. The minimum Gasteiger partial charge on any atom is -0.542 e. The zero-order valence-corrected chi connectivity index (χ0v) is 12.4. The molecule has 0 rings (SSSR count). The summed E-state index contributed by atoms with van der Waals surface area (Å²) in [7, 11) is 0. The molecule has 0 aliphatic rings. The molecule has 0 aliphatic carbocycles. The maximum Gasteiger partial charge on any atom is 1.00 e. The molecule has 0 saturated carbocycles. The Bertz CT molecular complexity index is 20.5. The van der Waals surface area contributed by atoms with Crippen LogP contribution >= 0.6 is 0 Å². The minimum atomic E-state index is 0. The van der Waals surface area contributed by atoms with Crippen molar-refractivity contribution in [2.24, 2.45) is 0 Å². The number of carbonyl (C=O) groups excluding carboxylic acids is 1. The van der Waals surface area contributed by atoms with Gasteiger partial charge in [0.05, 0.1) is 0 Å². The quantitative estimate of drug-likeness (QED) is 0.354. The fraction of sp³-hybridized carbons (Fsp3) is 0.833. The second-order valence-corrected chi connectivity index (χ2v) is 0.204. The average molecular weight is 199 g/mol. The van der Waals surface area contributed by atoms with Gasteiger partial charge in [-0.3, -0.25) is 6.29 Å². The first-order valence-electron chi connectivity index (χ1n) is 2.70. The molecular formula is C6H15BORb. The van der Waals surface area contributed by atoms with Crippen LogP contribution < -0.4 is 58.2 Å². The van der Waals surface area contributed by atoms with Crippen LogP contribution in [0.2, 0.25) is 0 Å². The molecule has 1 nitrogen and oxygen atoms in total. The van der Waals surface area contributed by atoms with Crippen LogP contribution in [0.25, 0.3) is 0 Å². The van der Waals surface area contributed by atoms with Gasteiger partial charge in [0.25, 0.3) is 0 Å². The zero-order chi connectivity index (χ0) is 6.71. The van der Waals surface area contributed by atoms with Gasteiger partial charge in [-0.05, 0) is 0 Å². The van der Waals surface area contributed by atoms with E-state index in [9.17, 15) is 0 Å². The third kappa shape index (κ3) is 229. The van der Waals surface area contributed by atoms with Crippen molar-refractivity contribution in [3.63, 3.8) is 0 Å². The maximum atomic E-state index is 8.68. The predicted octanol–water partition coefficient (Wildman–Crippen LogP) is -1.21. The SMILES string of the molecule is CC.CC.C[C-]=O.[B].[Rb+]. The largest absolute Gasteiger partial charge is 1.00 e. The van der Waals surface area contributed by atoms with Crippen molar-refractivity contribution in [2.45, 2.75) is 34.6 Å². The molecule has 0 fully saturated rings. The summed E-state index contributed by atoms with van der Waals surface area (Å²) in [6.07, 6.45) is 1.50. The predicted molar refractivity (Wildman–Crippen MR) is 39.8 cm³/mol. The average Bonchev–Trinajstić information content (AvgIpc) is 1.78. The van der Waals surface area contributed by atoms with Gasteiger partial charge in [0.1, 0.15) is 0 Å². The molecule has 0 unspecified atom stereocenters. The van der Waals surface area contributed by atoms with Gasteiger partial charge in [0, 0.05) is 8.41 Å². The van der Waals surface area contributed by atoms with E-state index in [0.29, 0.717) is 0 Å². The molecule has 0 heterocycles. The third-order valence-corrected chi connectivity index (χ3v) is 0. The number of rotatable bonds is 0. The second-order valence-electron chi connectivity index (χ2n) is 0.204. The van der Waals surface area contributed by atoms with Crippen molar-refractivity contribution in [3.05, 3.63) is 0 Å². The molecule has 0 saturated heterocycles. The molecule has 0 spiro atoms. The molecule has 0 amide bonds. The third-order valence-electron chi connectivity index (χ3n) is 0. The first-order valence-corrected chi connectivity index (χ1v) is 2.70. The van der Waals surface area contributed by atoms with E-state index in [4.69, 9.17) is 4.79 Å². The fourth-order valence-electron chi connectivity index (χ4n) is 0. The Morgan fingerprint density at radius 1 is 1.00 bits per heavy atom. The Balaban J connectivity index is -0.00000000825. The monoisotopic (exact) mass is 199 g/mol. The van der Waals surface area contributed by atoms with Crippen LogP contribution in [0.5, 0.6) is 0 Å². The maximum absolute atomic E-state index is 8.68. The van der Waals surface area contributed by atoms with E-state index in [1.807, 2.05) is 27.7 Å². The number of hydrogen-bond donors (Lipinski definition) is 0. The molecule has 9 heavy (non-hydrogen) atoms. The Morgan fingerprint density at radius 2 is 1.00 bits per heavy atom. The van der Waals surface area contributed by atoms with Gasteiger partial charge in [0.15, 0.2) is 0 Å². The summed E-state index contributed by atoms with van der Waals surface area (Å²) in [5.41, 5.74) is 0. The summed E-state index contributed by atoms with van der Waals surface area (Å²) in [5.74, 6) is 0. The summed E-state index contributed by atoms with van der Waals surface area (Å²) in [6, 6.07) is 0. The normalized spacial score (nSPS) is 2.78. The van der Waals surface area contributed by atoms with Crippen molar-refractivity contribution < 1.29 is 63.0 Å². The van der Waals surface area contributed by atoms with Crippen molar-refractivity contribution in [1.29, 1.82) is 0 Å². The Hall–Kier alpha value is 1.54. The molecule has 0 atom stereocenters. The van der Waals surface area contributed by atoms with E-state index < -0.39 is 0 Å². The molecule has 0 aromatic carbocycles. The molecule has 0 bridgehead atoms. The van der Waals surface area contributed by atoms with Crippen LogP contribution in [0.15, 0.2) is 0 Å². The van der Waals surface area contributed by atoms with Crippen molar-refractivity contribution in [3.8, 4) is 0 Å². The smallest absolute Gasteiger partial charge is 0.542 e. The van der Waals surface area contributed by atoms with Gasteiger partial charge < -0.3 is 4.79 Å².